The molecule has 0 aromatic heterocycles. The zero-order valence-electron chi connectivity index (χ0n) is 11.8. The van der Waals surface area contributed by atoms with Gasteiger partial charge in [0.1, 0.15) is 0 Å². The van der Waals surface area contributed by atoms with Crippen LogP contribution in [0.1, 0.15) is 19.8 Å². The summed E-state index contributed by atoms with van der Waals surface area (Å²) in [4.78, 5) is 10.1. The fraction of sp³-hybridized carbons (Fsp3) is 0.538. The Morgan fingerprint density at radius 1 is 1.29 bits per heavy atom. The van der Waals surface area contributed by atoms with Crippen LogP contribution < -0.4 is 5.73 Å². The van der Waals surface area contributed by atoms with E-state index in [-0.39, 0.29) is 16.6 Å². The van der Waals surface area contributed by atoms with Crippen LogP contribution in [0, 0.1) is 16.0 Å². The van der Waals surface area contributed by atoms with E-state index < -0.39 is 14.9 Å². The molecule has 21 heavy (non-hydrogen) atoms. The number of non-ortho nitro benzene ring substituents is 1. The summed E-state index contributed by atoms with van der Waals surface area (Å²) in [5, 5.41) is 10.6. The number of nitrogens with zero attached hydrogens (tertiary/aromatic N) is 2. The van der Waals surface area contributed by atoms with Crippen molar-refractivity contribution in [2.75, 3.05) is 13.1 Å². The summed E-state index contributed by atoms with van der Waals surface area (Å²) in [6.07, 6.45) is 1.48. The standard InChI is InChI=1S/C13H19N3O4S/c1-10(14)11-6-8-15(9-7-11)21(19,20)13-4-2-12(3-5-13)16(17)18/h2-5,10-11H,6-9,14H2,1H3/t10-/m0/s1. The van der Waals surface area contributed by atoms with Gasteiger partial charge >= 0.3 is 0 Å². The van der Waals surface area contributed by atoms with Gasteiger partial charge in [0.25, 0.3) is 5.69 Å². The highest BCUT2D eigenvalue weighted by molar-refractivity contribution is 7.89. The molecule has 1 heterocycles. The molecule has 0 saturated carbocycles. The van der Waals surface area contributed by atoms with Crippen molar-refractivity contribution >= 4 is 15.7 Å². The molecule has 8 heteroatoms. The molecule has 0 spiro atoms. The summed E-state index contributed by atoms with van der Waals surface area (Å²) in [6, 6.07) is 5.05. The molecule has 0 bridgehead atoms. The normalized spacial score (nSPS) is 19.3. The molecule has 7 nitrogen and oxygen atoms in total. The van der Waals surface area contributed by atoms with Gasteiger partial charge in [-0.2, -0.15) is 4.31 Å². The third-order valence-electron chi connectivity index (χ3n) is 3.93. The molecule has 0 unspecified atom stereocenters. The second-order valence-corrected chi connectivity index (χ2v) is 7.29. The summed E-state index contributed by atoms with van der Waals surface area (Å²) < 4.78 is 26.4. The number of nitrogens with two attached hydrogens (primary N) is 1. The average molecular weight is 313 g/mol. The van der Waals surface area contributed by atoms with Crippen LogP contribution in [0.2, 0.25) is 0 Å². The molecular weight excluding hydrogens is 294 g/mol. The fourth-order valence-electron chi connectivity index (χ4n) is 2.53. The highest BCUT2D eigenvalue weighted by Crippen LogP contribution is 2.26. The van der Waals surface area contributed by atoms with Gasteiger partial charge < -0.3 is 5.73 Å². The van der Waals surface area contributed by atoms with Crippen LogP contribution in [0.25, 0.3) is 0 Å². The lowest BCUT2D eigenvalue weighted by atomic mass is 9.92. The van der Waals surface area contributed by atoms with Crippen molar-refractivity contribution in [2.45, 2.75) is 30.7 Å². The molecule has 1 saturated heterocycles. The Hall–Kier alpha value is -1.51. The van der Waals surface area contributed by atoms with E-state index in [1.54, 1.807) is 0 Å². The van der Waals surface area contributed by atoms with Gasteiger partial charge in [0.05, 0.1) is 9.82 Å². The summed E-state index contributed by atoms with van der Waals surface area (Å²) >= 11 is 0. The maximum atomic E-state index is 12.5. The third kappa shape index (κ3) is 3.39. The molecule has 1 aromatic carbocycles. The average Bonchev–Trinajstić information content (AvgIpc) is 2.47. The summed E-state index contributed by atoms with van der Waals surface area (Å²) in [6.45, 7) is 2.81. The highest BCUT2D eigenvalue weighted by Gasteiger charge is 2.30. The van der Waals surface area contributed by atoms with E-state index in [0.29, 0.717) is 19.0 Å². The molecule has 1 fully saturated rings. The largest absolute Gasteiger partial charge is 0.328 e. The van der Waals surface area contributed by atoms with Gasteiger partial charge in [-0.25, -0.2) is 8.42 Å². The van der Waals surface area contributed by atoms with Crippen molar-refractivity contribution in [3.8, 4) is 0 Å². The van der Waals surface area contributed by atoms with Gasteiger partial charge in [0, 0.05) is 31.3 Å². The van der Waals surface area contributed by atoms with Gasteiger partial charge in [0.15, 0.2) is 0 Å². The Labute approximate surface area is 123 Å². The van der Waals surface area contributed by atoms with Gasteiger partial charge in [-0.15, -0.1) is 0 Å². The predicted molar refractivity (Wildman–Crippen MR) is 78.2 cm³/mol. The predicted octanol–water partition coefficient (Wildman–Crippen LogP) is 1.34. The monoisotopic (exact) mass is 313 g/mol. The second kappa shape index (κ2) is 6.08. The zero-order chi connectivity index (χ0) is 15.6. The number of nitro groups is 1. The van der Waals surface area contributed by atoms with Crippen molar-refractivity contribution in [3.05, 3.63) is 34.4 Å². The second-order valence-electron chi connectivity index (χ2n) is 5.35. The van der Waals surface area contributed by atoms with Crippen molar-refractivity contribution in [1.82, 2.24) is 4.31 Å². The Bertz CT molecular complexity index is 605. The Kier molecular flexibility index (Phi) is 4.60. The first-order valence-electron chi connectivity index (χ1n) is 6.82. The molecule has 0 amide bonds. The molecule has 116 valence electrons. The molecule has 1 atom stereocenters. The lowest BCUT2D eigenvalue weighted by Gasteiger charge is -2.32. The highest BCUT2D eigenvalue weighted by atomic mass is 32.2. The van der Waals surface area contributed by atoms with E-state index in [4.69, 9.17) is 5.73 Å². The minimum absolute atomic E-state index is 0.0641. The number of rotatable bonds is 4. The summed E-state index contributed by atoms with van der Waals surface area (Å²) in [5.41, 5.74) is 5.73. The number of hydrogen-bond donors (Lipinski definition) is 1. The van der Waals surface area contributed by atoms with Crippen LogP contribution >= 0.6 is 0 Å². The molecule has 2 rings (SSSR count). The van der Waals surface area contributed by atoms with Gasteiger partial charge in [-0.1, -0.05) is 0 Å². The van der Waals surface area contributed by atoms with Crippen LogP contribution in [0.4, 0.5) is 5.69 Å². The van der Waals surface area contributed by atoms with E-state index in [1.165, 1.54) is 28.6 Å². The number of hydrogen-bond acceptors (Lipinski definition) is 5. The number of piperidine rings is 1. The smallest absolute Gasteiger partial charge is 0.269 e. The van der Waals surface area contributed by atoms with Crippen LogP contribution in [0.3, 0.4) is 0 Å². The fourth-order valence-corrected chi connectivity index (χ4v) is 4.00. The Morgan fingerprint density at radius 3 is 2.24 bits per heavy atom. The topological polar surface area (TPSA) is 107 Å². The maximum absolute atomic E-state index is 12.5. The van der Waals surface area contributed by atoms with Crippen LogP contribution in [0.5, 0.6) is 0 Å². The Balaban J connectivity index is 2.13. The van der Waals surface area contributed by atoms with Crippen LogP contribution in [0.15, 0.2) is 29.2 Å². The molecule has 0 aliphatic carbocycles. The van der Waals surface area contributed by atoms with E-state index in [0.717, 1.165) is 12.8 Å². The van der Waals surface area contributed by atoms with Crippen LogP contribution in [-0.2, 0) is 10.0 Å². The van der Waals surface area contributed by atoms with Gasteiger partial charge in [-0.05, 0) is 37.8 Å². The number of sulfonamides is 1. The molecule has 1 aliphatic rings. The molecule has 1 aromatic rings. The maximum Gasteiger partial charge on any atom is 0.269 e. The first-order valence-corrected chi connectivity index (χ1v) is 8.26. The van der Waals surface area contributed by atoms with E-state index in [1.807, 2.05) is 6.92 Å². The molecule has 0 radical (unpaired) electrons. The van der Waals surface area contributed by atoms with E-state index >= 15 is 0 Å². The minimum Gasteiger partial charge on any atom is -0.328 e. The molecule has 2 N–H and O–H groups in total. The zero-order valence-corrected chi connectivity index (χ0v) is 12.6. The van der Waals surface area contributed by atoms with Crippen molar-refractivity contribution in [2.24, 2.45) is 11.7 Å². The van der Waals surface area contributed by atoms with E-state index in [2.05, 4.69) is 0 Å². The summed E-state index contributed by atoms with van der Waals surface area (Å²) in [5.74, 6) is 0.341. The number of nitro benzene ring substituents is 1. The first kappa shape index (κ1) is 15.9. The van der Waals surface area contributed by atoms with E-state index in [9.17, 15) is 18.5 Å². The minimum atomic E-state index is -3.58. The van der Waals surface area contributed by atoms with Crippen molar-refractivity contribution in [1.29, 1.82) is 0 Å². The molecular formula is C13H19N3O4S. The quantitative estimate of drug-likeness (QED) is 0.667. The van der Waals surface area contributed by atoms with Crippen molar-refractivity contribution in [3.63, 3.8) is 0 Å². The third-order valence-corrected chi connectivity index (χ3v) is 5.84. The molecule has 1 aliphatic heterocycles. The number of benzene rings is 1. The summed E-state index contributed by atoms with van der Waals surface area (Å²) in [7, 11) is -3.58. The van der Waals surface area contributed by atoms with Crippen LogP contribution in [-0.4, -0.2) is 36.8 Å². The lowest BCUT2D eigenvalue weighted by Crippen LogP contribution is -2.42. The lowest BCUT2D eigenvalue weighted by molar-refractivity contribution is -0.384. The first-order chi connectivity index (χ1) is 9.82. The Morgan fingerprint density at radius 2 is 1.81 bits per heavy atom. The van der Waals surface area contributed by atoms with Gasteiger partial charge in [0.2, 0.25) is 10.0 Å². The van der Waals surface area contributed by atoms with Crippen molar-refractivity contribution < 1.29 is 13.3 Å². The SMILES string of the molecule is C[C@H](N)C1CCN(S(=O)(=O)c2ccc([N+](=O)[O-])cc2)CC1. The van der Waals surface area contributed by atoms with Gasteiger partial charge in [-0.3, -0.25) is 10.1 Å².